The Hall–Kier alpha value is -5.47. The lowest BCUT2D eigenvalue weighted by molar-refractivity contribution is -0.122. The van der Waals surface area contributed by atoms with Crippen LogP contribution >= 0.6 is 0 Å². The van der Waals surface area contributed by atoms with Crippen LogP contribution in [0.25, 0.3) is 0 Å². The molecule has 2 atom stereocenters. The minimum absolute atomic E-state index is 0.241. The zero-order valence-electron chi connectivity index (χ0n) is 32.1. The summed E-state index contributed by atoms with van der Waals surface area (Å²) in [5.41, 5.74) is 10.9. The number of hydrogen-bond acceptors (Lipinski definition) is 9. The number of nitrogens with two attached hydrogens (primary N) is 1. The number of piperidine rings is 1. The fourth-order valence-electron chi connectivity index (χ4n) is 6.82. The Balaban J connectivity index is 0.00000187. The van der Waals surface area contributed by atoms with Gasteiger partial charge >= 0.3 is 6.03 Å². The highest BCUT2D eigenvalue weighted by Crippen LogP contribution is 2.38. The van der Waals surface area contributed by atoms with E-state index >= 15 is 0 Å². The third-order valence-corrected chi connectivity index (χ3v) is 9.89. The lowest BCUT2D eigenvalue weighted by Crippen LogP contribution is -2.43. The van der Waals surface area contributed by atoms with E-state index < -0.39 is 0 Å². The summed E-state index contributed by atoms with van der Waals surface area (Å²) in [6, 6.07) is 18.9. The molecule has 0 radical (unpaired) electrons. The number of carboxylic acid groups (broad SMARTS) is 1. The van der Waals surface area contributed by atoms with E-state index in [-0.39, 0.29) is 35.6 Å². The molecule has 14 heteroatoms. The second-order valence-corrected chi connectivity index (χ2v) is 15.0. The maximum Gasteiger partial charge on any atom is 0.320 e. The third kappa shape index (κ3) is 11.5. The van der Waals surface area contributed by atoms with Gasteiger partial charge in [-0.3, -0.25) is 30.4 Å². The topological polar surface area (TPSA) is 194 Å². The van der Waals surface area contributed by atoms with Crippen LogP contribution in [0.4, 0.5) is 10.5 Å². The van der Waals surface area contributed by atoms with Gasteiger partial charge in [-0.05, 0) is 73.1 Å². The summed E-state index contributed by atoms with van der Waals surface area (Å²) < 4.78 is 13.6. The second-order valence-electron chi connectivity index (χ2n) is 15.0. The fraction of sp³-hybridized carbons (Fsp3) is 0.439. The van der Waals surface area contributed by atoms with Crippen LogP contribution in [-0.4, -0.2) is 83.2 Å². The molecule has 2 aromatic carbocycles. The van der Waals surface area contributed by atoms with Crippen molar-refractivity contribution >= 4 is 30.0 Å². The number of ether oxygens (including phenoxy) is 2. The number of morpholine rings is 1. The van der Waals surface area contributed by atoms with Gasteiger partial charge in [0.1, 0.15) is 23.2 Å². The summed E-state index contributed by atoms with van der Waals surface area (Å²) in [7, 11) is 0. The largest absolute Gasteiger partial charge is 0.484 e. The smallest absolute Gasteiger partial charge is 0.320 e. The highest BCUT2D eigenvalue weighted by molar-refractivity contribution is 6.05. The number of likely N-dealkylation sites (tertiary alicyclic amines) is 1. The predicted octanol–water partition coefficient (Wildman–Crippen LogP) is 5.64. The number of pyridine rings is 1. The van der Waals surface area contributed by atoms with Gasteiger partial charge in [0.2, 0.25) is 5.96 Å². The molecule has 2 aliphatic heterocycles. The van der Waals surface area contributed by atoms with Gasteiger partial charge < -0.3 is 30.5 Å². The molecule has 2 amide bonds. The second kappa shape index (κ2) is 19.2. The molecule has 0 spiro atoms. The van der Waals surface area contributed by atoms with E-state index in [4.69, 9.17) is 40.9 Å². The van der Waals surface area contributed by atoms with Gasteiger partial charge in [-0.15, -0.1) is 0 Å². The first-order valence-corrected chi connectivity index (χ1v) is 18.9. The third-order valence-electron chi connectivity index (χ3n) is 9.89. The van der Waals surface area contributed by atoms with Crippen LogP contribution in [0, 0.1) is 16.2 Å². The van der Waals surface area contributed by atoms with Crippen molar-refractivity contribution in [2.45, 2.75) is 71.6 Å². The standard InChI is InChI=1S/C40H53N9O3.CH2O2/c1-40(2,3)35(41)25-37(44-29-11-9-10-28(24-29)26-47-20-22-51-23-21-47)46-39(50)45-33-15-16-34(32-13-6-5-12-31(32)33)52-30-14-17-36(42)49(27-30)38(43)48-18-7-4-8-19-48;2-1-3/h5-6,9-14,17,24-25,27,33-34,42-43H,4,7-8,15-16,18-23,26,41H2,1-3H3,(H2,44,45,46,50);1H,(H,2,3)/b35-25-,42-36?,43-38?;/t33-,34+;/m0./s1. The van der Waals surface area contributed by atoms with Gasteiger partial charge in [-0.25, -0.2) is 9.79 Å². The molecule has 2 saturated heterocycles. The lowest BCUT2D eigenvalue weighted by Gasteiger charge is -2.33. The van der Waals surface area contributed by atoms with Crippen LogP contribution in [0.1, 0.15) is 81.7 Å². The van der Waals surface area contributed by atoms with Crippen molar-refractivity contribution in [3.8, 4) is 5.75 Å². The highest BCUT2D eigenvalue weighted by atomic mass is 16.5. The number of fused-ring (bicyclic) bond motifs is 1. The molecule has 2 fully saturated rings. The first-order valence-electron chi connectivity index (χ1n) is 18.9. The van der Waals surface area contributed by atoms with Crippen molar-refractivity contribution in [3.63, 3.8) is 0 Å². The predicted molar refractivity (Wildman–Crippen MR) is 212 cm³/mol. The van der Waals surface area contributed by atoms with Crippen molar-refractivity contribution in [2.75, 3.05) is 39.4 Å². The molecule has 55 heavy (non-hydrogen) atoms. The number of allylic oxidation sites excluding steroid dienone is 1. The Morgan fingerprint density at radius 2 is 1.73 bits per heavy atom. The van der Waals surface area contributed by atoms with Crippen molar-refractivity contribution in [1.29, 1.82) is 10.8 Å². The number of nitrogens with one attached hydrogen (secondary N) is 4. The maximum absolute atomic E-state index is 13.7. The molecule has 1 aromatic heterocycles. The van der Waals surface area contributed by atoms with E-state index in [9.17, 15) is 4.79 Å². The maximum atomic E-state index is 13.7. The number of aliphatic imine (C=N–C) groups is 1. The number of carbonyl (C=O) groups excluding carboxylic acids is 1. The molecular weight excluding hydrogens is 699 g/mol. The molecule has 7 N–H and O–H groups in total. The Kier molecular flexibility index (Phi) is 14.2. The van der Waals surface area contributed by atoms with E-state index in [1.807, 2.05) is 68.1 Å². The van der Waals surface area contributed by atoms with Crippen molar-refractivity contribution < 1.29 is 24.2 Å². The molecule has 3 aliphatic rings. The SMILES string of the molecule is CC(C)(C)/C(N)=C/C(=Nc1cccc(CN2CCOCC2)c1)NC(=O)N[C@H]1CC[C@@H](Oc2ccc(=N)n(C(=N)N3CCCCC3)c2)c2ccccc21.O=CO. The first kappa shape index (κ1) is 40.7. The number of hydrogen-bond donors (Lipinski definition) is 6. The first-order chi connectivity index (χ1) is 26.4. The number of benzene rings is 2. The van der Waals surface area contributed by atoms with Crippen LogP contribution in [0.15, 0.2) is 83.6 Å². The average Bonchev–Trinajstić information content (AvgIpc) is 3.17. The molecule has 3 aromatic rings. The van der Waals surface area contributed by atoms with E-state index in [0.29, 0.717) is 36.1 Å². The Bertz CT molecular complexity index is 1910. The van der Waals surface area contributed by atoms with Gasteiger partial charge in [-0.2, -0.15) is 0 Å². The summed E-state index contributed by atoms with van der Waals surface area (Å²) in [6.45, 7) is 11.5. The summed E-state index contributed by atoms with van der Waals surface area (Å²) in [4.78, 5) is 31.2. The minimum Gasteiger partial charge on any atom is -0.484 e. The van der Waals surface area contributed by atoms with Crippen molar-refractivity contribution in [1.82, 2.24) is 25.0 Å². The van der Waals surface area contributed by atoms with Crippen molar-refractivity contribution in [2.24, 2.45) is 16.1 Å². The minimum atomic E-state index is -0.372. The molecule has 294 valence electrons. The van der Waals surface area contributed by atoms with Crippen LogP contribution in [0.5, 0.6) is 5.75 Å². The average molecular weight is 754 g/mol. The van der Waals surface area contributed by atoms with Gasteiger partial charge in [-0.1, -0.05) is 57.2 Å². The van der Waals surface area contributed by atoms with Gasteiger partial charge in [0.25, 0.3) is 6.47 Å². The monoisotopic (exact) mass is 753 g/mol. The number of nitrogens with zero attached hydrogens (tertiary/aromatic N) is 4. The number of carbonyl (C=O) groups is 2. The number of amides is 2. The molecule has 0 unspecified atom stereocenters. The summed E-state index contributed by atoms with van der Waals surface area (Å²) in [5, 5.41) is 30.3. The van der Waals surface area contributed by atoms with Crippen LogP contribution in [0.2, 0.25) is 0 Å². The number of amidine groups is 1. The van der Waals surface area contributed by atoms with Gasteiger partial charge in [0.15, 0.2) is 0 Å². The number of rotatable bonds is 7. The molecule has 0 saturated carbocycles. The van der Waals surface area contributed by atoms with Crippen molar-refractivity contribution in [3.05, 3.63) is 101 Å². The molecule has 3 heterocycles. The van der Waals surface area contributed by atoms with Crippen LogP contribution < -0.4 is 26.6 Å². The zero-order chi connectivity index (χ0) is 39.4. The molecule has 0 bridgehead atoms. The summed E-state index contributed by atoms with van der Waals surface area (Å²) in [5.74, 6) is 1.26. The number of urea groups is 1. The van der Waals surface area contributed by atoms with E-state index in [0.717, 1.165) is 81.2 Å². The van der Waals surface area contributed by atoms with E-state index in [1.165, 1.54) is 6.42 Å². The fourth-order valence-corrected chi connectivity index (χ4v) is 6.82. The van der Waals surface area contributed by atoms with Crippen LogP contribution in [0.3, 0.4) is 0 Å². The molecule has 1 aliphatic carbocycles. The Morgan fingerprint density at radius 1 is 1.02 bits per heavy atom. The van der Waals surface area contributed by atoms with Gasteiger partial charge in [0, 0.05) is 49.9 Å². The highest BCUT2D eigenvalue weighted by Gasteiger charge is 2.30. The molecular formula is C41H55N9O5. The Morgan fingerprint density at radius 3 is 2.44 bits per heavy atom. The zero-order valence-corrected chi connectivity index (χ0v) is 32.1. The Labute approximate surface area is 323 Å². The normalized spacial score (nSPS) is 19.3. The van der Waals surface area contributed by atoms with E-state index in [1.54, 1.807) is 29.0 Å². The molecule has 14 nitrogen and oxygen atoms in total. The summed E-state index contributed by atoms with van der Waals surface area (Å²) >= 11 is 0. The lowest BCUT2D eigenvalue weighted by atomic mass is 9.85. The molecule has 6 rings (SSSR count). The number of aromatic nitrogens is 1. The quantitative estimate of drug-likeness (QED) is 0.101. The van der Waals surface area contributed by atoms with Gasteiger partial charge in [0.05, 0.1) is 31.1 Å². The van der Waals surface area contributed by atoms with Crippen LogP contribution in [-0.2, 0) is 16.1 Å². The van der Waals surface area contributed by atoms with E-state index in [2.05, 4.69) is 21.6 Å². The summed E-state index contributed by atoms with van der Waals surface area (Å²) in [6.07, 6.45) is 7.85.